The molecule has 0 amide bonds. The van der Waals surface area contributed by atoms with Crippen molar-refractivity contribution in [1.82, 2.24) is 0 Å². The van der Waals surface area contributed by atoms with E-state index < -0.39 is 11.9 Å². The average Bonchev–Trinajstić information content (AvgIpc) is 2.39. The molecule has 2 rings (SSSR count). The van der Waals surface area contributed by atoms with E-state index in [-0.39, 0.29) is 30.6 Å². The molecule has 2 nitrogen and oxygen atoms in total. The van der Waals surface area contributed by atoms with Crippen LogP contribution in [0, 0.1) is 17.8 Å². The lowest BCUT2D eigenvalue weighted by Gasteiger charge is -2.10. The number of alkyl halides is 2. The summed E-state index contributed by atoms with van der Waals surface area (Å²) in [7, 11) is 0. The van der Waals surface area contributed by atoms with Crippen LogP contribution in [0.4, 0.5) is 8.78 Å². The van der Waals surface area contributed by atoms with Gasteiger partial charge >= 0.3 is 5.97 Å². The predicted molar refractivity (Wildman–Crippen MR) is 41.5 cm³/mol. The first kappa shape index (κ1) is 8.91. The van der Waals surface area contributed by atoms with Crippen molar-refractivity contribution in [3.8, 4) is 0 Å². The van der Waals surface area contributed by atoms with E-state index >= 15 is 0 Å². The number of carboxylic acids is 1. The number of carboxylic acid groups (broad SMARTS) is 1. The normalized spacial score (nSPS) is 41.8. The molecule has 13 heavy (non-hydrogen) atoms. The van der Waals surface area contributed by atoms with E-state index in [0.29, 0.717) is 12.8 Å². The largest absolute Gasteiger partial charge is 0.481 e. The molecule has 2 fully saturated rings. The van der Waals surface area contributed by atoms with Gasteiger partial charge in [-0.3, -0.25) is 4.79 Å². The van der Waals surface area contributed by atoms with Crippen molar-refractivity contribution in [2.45, 2.75) is 31.6 Å². The minimum Gasteiger partial charge on any atom is -0.481 e. The van der Waals surface area contributed by atoms with Crippen LogP contribution in [0.5, 0.6) is 0 Å². The number of carbonyl (C=O) groups is 1. The predicted octanol–water partition coefficient (Wildman–Crippen LogP) is 2.14. The van der Waals surface area contributed by atoms with Gasteiger partial charge in [0.25, 0.3) is 0 Å². The molecule has 74 valence electrons. The molecule has 1 N–H and O–H groups in total. The first-order valence-electron chi connectivity index (χ1n) is 4.58. The molecule has 1 unspecified atom stereocenters. The summed E-state index contributed by atoms with van der Waals surface area (Å²) in [4.78, 5) is 10.6. The number of fused-ring (bicyclic) bond motifs is 1. The molecule has 3 atom stereocenters. The number of halogens is 2. The number of aliphatic carboxylic acids is 1. The Bertz CT molecular complexity index is 224. The van der Waals surface area contributed by atoms with Crippen molar-refractivity contribution >= 4 is 5.97 Å². The van der Waals surface area contributed by atoms with Gasteiger partial charge < -0.3 is 5.11 Å². The maximum absolute atomic E-state index is 12.8. The first-order chi connectivity index (χ1) is 5.98. The molecule has 2 aliphatic rings. The average molecular weight is 190 g/mol. The quantitative estimate of drug-likeness (QED) is 0.687. The summed E-state index contributed by atoms with van der Waals surface area (Å²) in [5.74, 6) is -3.81. The van der Waals surface area contributed by atoms with Crippen LogP contribution in [0.15, 0.2) is 0 Å². The lowest BCUT2D eigenvalue weighted by atomic mass is 10.0. The second-order valence-corrected chi connectivity index (χ2v) is 4.29. The van der Waals surface area contributed by atoms with Crippen LogP contribution in [0.2, 0.25) is 0 Å². The van der Waals surface area contributed by atoms with E-state index in [0.717, 1.165) is 0 Å². The summed E-state index contributed by atoms with van der Waals surface area (Å²) in [5.41, 5.74) is 0. The van der Waals surface area contributed by atoms with Crippen molar-refractivity contribution in [3.05, 3.63) is 0 Å². The first-order valence-corrected chi connectivity index (χ1v) is 4.58. The zero-order valence-electron chi connectivity index (χ0n) is 7.17. The molecular weight excluding hydrogens is 178 g/mol. The molecular formula is C9H12F2O2. The second kappa shape index (κ2) is 2.66. The van der Waals surface area contributed by atoms with E-state index in [1.54, 1.807) is 0 Å². The van der Waals surface area contributed by atoms with Crippen LogP contribution in [0.3, 0.4) is 0 Å². The van der Waals surface area contributed by atoms with E-state index in [2.05, 4.69) is 0 Å². The Balaban J connectivity index is 2.01. The third-order valence-electron chi connectivity index (χ3n) is 3.31. The van der Waals surface area contributed by atoms with Crippen LogP contribution < -0.4 is 0 Å². The van der Waals surface area contributed by atoms with Gasteiger partial charge in [-0.2, -0.15) is 0 Å². The number of hydrogen-bond donors (Lipinski definition) is 1. The molecule has 2 aliphatic carbocycles. The minimum absolute atomic E-state index is 0.0453. The second-order valence-electron chi connectivity index (χ2n) is 4.29. The zero-order valence-corrected chi connectivity index (χ0v) is 7.17. The molecule has 0 aliphatic heterocycles. The van der Waals surface area contributed by atoms with Gasteiger partial charge in [0.05, 0.1) is 5.92 Å². The summed E-state index contributed by atoms with van der Waals surface area (Å²) in [6.07, 6.45) is 0.716. The van der Waals surface area contributed by atoms with Gasteiger partial charge in [-0.15, -0.1) is 0 Å². The van der Waals surface area contributed by atoms with E-state index in [1.807, 2.05) is 0 Å². The zero-order chi connectivity index (χ0) is 9.64. The van der Waals surface area contributed by atoms with Crippen LogP contribution in [0.25, 0.3) is 0 Å². The van der Waals surface area contributed by atoms with E-state index in [9.17, 15) is 13.6 Å². The molecule has 0 heterocycles. The lowest BCUT2D eigenvalue weighted by molar-refractivity contribution is -0.142. The summed E-state index contributed by atoms with van der Waals surface area (Å²) in [6.45, 7) is 0. The maximum atomic E-state index is 12.8. The highest BCUT2D eigenvalue weighted by Gasteiger charge is 2.51. The lowest BCUT2D eigenvalue weighted by Crippen LogP contribution is -2.15. The Labute approximate surface area is 74.9 Å². The van der Waals surface area contributed by atoms with Crippen LogP contribution in [-0.4, -0.2) is 17.0 Å². The van der Waals surface area contributed by atoms with Crippen molar-refractivity contribution in [2.75, 3.05) is 0 Å². The van der Waals surface area contributed by atoms with E-state index in [4.69, 9.17) is 5.11 Å². The van der Waals surface area contributed by atoms with Gasteiger partial charge in [0.15, 0.2) is 0 Å². The molecule has 4 heteroatoms. The van der Waals surface area contributed by atoms with Crippen molar-refractivity contribution < 1.29 is 18.7 Å². The molecule has 0 aromatic heterocycles. The van der Waals surface area contributed by atoms with Crippen molar-refractivity contribution in [2.24, 2.45) is 17.8 Å². The fourth-order valence-electron chi connectivity index (χ4n) is 2.76. The third kappa shape index (κ3) is 1.54. The molecule has 0 radical (unpaired) electrons. The Morgan fingerprint density at radius 2 is 1.69 bits per heavy atom. The van der Waals surface area contributed by atoms with Gasteiger partial charge in [0, 0.05) is 12.8 Å². The Kier molecular flexibility index (Phi) is 1.82. The molecule has 2 saturated carbocycles. The number of hydrogen-bond acceptors (Lipinski definition) is 1. The Hall–Kier alpha value is -0.670. The smallest absolute Gasteiger partial charge is 0.306 e. The molecule has 0 spiro atoms. The molecule has 0 bridgehead atoms. The topological polar surface area (TPSA) is 37.3 Å². The monoisotopic (exact) mass is 190 g/mol. The van der Waals surface area contributed by atoms with Crippen LogP contribution >= 0.6 is 0 Å². The Morgan fingerprint density at radius 1 is 1.23 bits per heavy atom. The van der Waals surface area contributed by atoms with Gasteiger partial charge in [-0.25, -0.2) is 8.78 Å². The van der Waals surface area contributed by atoms with Gasteiger partial charge in [0.1, 0.15) is 0 Å². The standard InChI is InChI=1S/C9H12F2O2/c10-9(11)3-6-1-5(8(12)13)2-7(6)4-9/h5-7H,1-4H2,(H,12,13)/t5?,6-,7+. The Morgan fingerprint density at radius 3 is 2.08 bits per heavy atom. The van der Waals surface area contributed by atoms with Gasteiger partial charge in [-0.1, -0.05) is 0 Å². The SMILES string of the molecule is O=C(O)C1C[C@@H]2CC(F)(F)C[C@@H]2C1. The van der Waals surface area contributed by atoms with Crippen LogP contribution in [-0.2, 0) is 4.79 Å². The number of rotatable bonds is 1. The molecule has 0 aromatic rings. The van der Waals surface area contributed by atoms with Crippen molar-refractivity contribution in [1.29, 1.82) is 0 Å². The molecule has 0 saturated heterocycles. The summed E-state index contributed by atoms with van der Waals surface area (Å²) in [5, 5.41) is 8.71. The molecule has 0 aromatic carbocycles. The minimum atomic E-state index is -2.53. The van der Waals surface area contributed by atoms with Gasteiger partial charge in [-0.05, 0) is 24.7 Å². The highest BCUT2D eigenvalue weighted by Crippen LogP contribution is 2.52. The summed E-state index contributed by atoms with van der Waals surface area (Å²) >= 11 is 0. The van der Waals surface area contributed by atoms with Gasteiger partial charge in [0.2, 0.25) is 5.92 Å². The van der Waals surface area contributed by atoms with E-state index in [1.165, 1.54) is 0 Å². The summed E-state index contributed by atoms with van der Waals surface area (Å²) in [6, 6.07) is 0. The maximum Gasteiger partial charge on any atom is 0.306 e. The van der Waals surface area contributed by atoms with Crippen molar-refractivity contribution in [3.63, 3.8) is 0 Å². The summed E-state index contributed by atoms with van der Waals surface area (Å²) < 4.78 is 25.7. The fraction of sp³-hybridized carbons (Fsp3) is 0.889. The fourth-order valence-corrected chi connectivity index (χ4v) is 2.76. The highest BCUT2D eigenvalue weighted by atomic mass is 19.3. The van der Waals surface area contributed by atoms with Crippen LogP contribution in [0.1, 0.15) is 25.7 Å². The highest BCUT2D eigenvalue weighted by molar-refractivity contribution is 5.70. The third-order valence-corrected chi connectivity index (χ3v) is 3.31.